The van der Waals surface area contributed by atoms with Gasteiger partial charge in [-0.25, -0.2) is 0 Å². The third-order valence-corrected chi connectivity index (χ3v) is 6.78. The fraction of sp³-hybridized carbons (Fsp3) is 0.143. The molecule has 5 aromatic rings. The fourth-order valence-electron chi connectivity index (χ4n) is 4.44. The molecule has 0 amide bonds. The monoisotopic (exact) mass is 484 g/mol. The van der Waals surface area contributed by atoms with Crippen molar-refractivity contribution in [1.29, 1.82) is 0 Å². The molecule has 37 heavy (non-hydrogen) atoms. The normalized spacial score (nSPS) is 11.6. The van der Waals surface area contributed by atoms with Crippen LogP contribution in [-0.4, -0.2) is 0 Å². The highest BCUT2D eigenvalue weighted by Gasteiger charge is 2.12. The van der Waals surface area contributed by atoms with E-state index in [2.05, 4.69) is 112 Å². The minimum atomic E-state index is 0.256. The molecule has 0 aliphatic carbocycles. The summed E-state index contributed by atoms with van der Waals surface area (Å²) in [6.45, 7) is 6.47. The van der Waals surface area contributed by atoms with E-state index >= 15 is 0 Å². The van der Waals surface area contributed by atoms with Crippen molar-refractivity contribution in [3.8, 4) is 34.1 Å². The molecule has 184 valence electrons. The average molecular weight is 485 g/mol. The predicted octanol–water partition coefficient (Wildman–Crippen LogP) is 9.96. The Bertz CT molecular complexity index is 1430. The van der Waals surface area contributed by atoms with Crippen LogP contribution in [0.3, 0.4) is 0 Å². The Morgan fingerprint density at radius 1 is 0.595 bits per heavy atom. The van der Waals surface area contributed by atoms with E-state index in [-0.39, 0.29) is 5.92 Å². The lowest BCUT2D eigenvalue weighted by Gasteiger charge is -2.16. The largest absolute Gasteiger partial charge is 0.457 e. The van der Waals surface area contributed by atoms with Crippen molar-refractivity contribution in [3.63, 3.8) is 0 Å². The summed E-state index contributed by atoms with van der Waals surface area (Å²) in [6, 6.07) is 41.8. The smallest absolute Gasteiger partial charge is 0.135 e. The van der Waals surface area contributed by atoms with Crippen LogP contribution in [0, 0.1) is 6.92 Å². The molecule has 2 nitrogen and oxygen atoms in total. The van der Waals surface area contributed by atoms with Crippen LogP contribution in [0.1, 0.15) is 42.0 Å². The van der Waals surface area contributed by atoms with Crippen molar-refractivity contribution in [1.82, 2.24) is 0 Å². The maximum atomic E-state index is 6.37. The highest BCUT2D eigenvalue weighted by atomic mass is 16.5. The van der Waals surface area contributed by atoms with Crippen molar-refractivity contribution < 1.29 is 9.47 Å². The first-order valence-electron chi connectivity index (χ1n) is 12.9. The minimum absolute atomic E-state index is 0.256. The standard InChI is InChI=1S/C35H32O2/c1-4-27-12-23-35(34(24-27)30-8-6-5-7-9-30)37-33-21-15-29(16-22-33)26(3)28-13-19-32(20-14-28)36-31-17-10-25(2)11-18-31/h5-24,26H,4H2,1-3H3. The van der Waals surface area contributed by atoms with Gasteiger partial charge in [0.15, 0.2) is 0 Å². The van der Waals surface area contributed by atoms with Gasteiger partial charge in [-0.2, -0.15) is 0 Å². The summed E-state index contributed by atoms with van der Waals surface area (Å²) < 4.78 is 12.4. The summed E-state index contributed by atoms with van der Waals surface area (Å²) in [7, 11) is 0. The highest BCUT2D eigenvalue weighted by molar-refractivity contribution is 5.71. The van der Waals surface area contributed by atoms with Gasteiger partial charge in [0.2, 0.25) is 0 Å². The quantitative estimate of drug-likeness (QED) is 0.218. The van der Waals surface area contributed by atoms with Gasteiger partial charge in [-0.1, -0.05) is 92.2 Å². The van der Waals surface area contributed by atoms with Crippen LogP contribution in [0.2, 0.25) is 0 Å². The molecule has 5 aromatic carbocycles. The molecule has 0 bridgehead atoms. The van der Waals surface area contributed by atoms with Gasteiger partial charge in [-0.3, -0.25) is 0 Å². The average Bonchev–Trinajstić information content (AvgIpc) is 2.95. The molecule has 5 rings (SSSR count). The molecule has 1 unspecified atom stereocenters. The van der Waals surface area contributed by atoms with Crippen LogP contribution in [0.5, 0.6) is 23.0 Å². The van der Waals surface area contributed by atoms with Gasteiger partial charge < -0.3 is 9.47 Å². The summed E-state index contributed by atoms with van der Waals surface area (Å²) in [4.78, 5) is 0. The second kappa shape index (κ2) is 11.2. The first-order valence-corrected chi connectivity index (χ1v) is 12.9. The molecular formula is C35H32O2. The predicted molar refractivity (Wildman–Crippen MR) is 153 cm³/mol. The second-order valence-electron chi connectivity index (χ2n) is 9.43. The van der Waals surface area contributed by atoms with E-state index in [0.717, 1.165) is 40.5 Å². The van der Waals surface area contributed by atoms with Crippen molar-refractivity contribution >= 4 is 0 Å². The molecule has 1 atom stereocenters. The Hall–Kier alpha value is -4.30. The molecule has 0 aliphatic rings. The lowest BCUT2D eigenvalue weighted by atomic mass is 9.93. The maximum Gasteiger partial charge on any atom is 0.135 e. The van der Waals surface area contributed by atoms with Crippen LogP contribution in [0.25, 0.3) is 11.1 Å². The number of ether oxygens (including phenoxy) is 2. The summed E-state index contributed by atoms with van der Waals surface area (Å²) in [5.74, 6) is 3.65. The van der Waals surface area contributed by atoms with Gasteiger partial charge in [0, 0.05) is 11.5 Å². The molecule has 0 heterocycles. The number of benzene rings is 5. The molecule has 0 aliphatic heterocycles. The maximum absolute atomic E-state index is 6.37. The van der Waals surface area contributed by atoms with Crippen LogP contribution >= 0.6 is 0 Å². The SMILES string of the molecule is CCc1ccc(Oc2ccc(C(C)c3ccc(Oc4ccc(C)cc4)cc3)cc2)c(-c2ccccc2)c1. The lowest BCUT2D eigenvalue weighted by molar-refractivity contribution is 0.482. The van der Waals surface area contributed by atoms with Crippen LogP contribution < -0.4 is 9.47 Å². The molecular weight excluding hydrogens is 452 g/mol. The highest BCUT2D eigenvalue weighted by Crippen LogP contribution is 2.35. The molecule has 0 aromatic heterocycles. The summed E-state index contributed by atoms with van der Waals surface area (Å²) in [6.07, 6.45) is 0.992. The summed E-state index contributed by atoms with van der Waals surface area (Å²) in [5.41, 5.74) is 7.28. The molecule has 0 fully saturated rings. The summed E-state index contributed by atoms with van der Waals surface area (Å²) >= 11 is 0. The van der Waals surface area contributed by atoms with Crippen LogP contribution in [0.15, 0.2) is 121 Å². The third kappa shape index (κ3) is 5.92. The summed E-state index contributed by atoms with van der Waals surface area (Å²) in [5, 5.41) is 0. The minimum Gasteiger partial charge on any atom is -0.457 e. The van der Waals surface area contributed by atoms with Crippen molar-refractivity contribution in [2.24, 2.45) is 0 Å². The Morgan fingerprint density at radius 3 is 1.70 bits per heavy atom. The molecule has 0 radical (unpaired) electrons. The third-order valence-electron chi connectivity index (χ3n) is 6.78. The van der Waals surface area contributed by atoms with Crippen molar-refractivity contribution in [2.45, 2.75) is 33.1 Å². The Morgan fingerprint density at radius 2 is 1.14 bits per heavy atom. The van der Waals surface area contributed by atoms with E-state index in [1.54, 1.807) is 0 Å². The van der Waals surface area contributed by atoms with Crippen LogP contribution in [-0.2, 0) is 6.42 Å². The van der Waals surface area contributed by atoms with Gasteiger partial charge in [0.25, 0.3) is 0 Å². The van der Waals surface area contributed by atoms with Gasteiger partial charge >= 0.3 is 0 Å². The van der Waals surface area contributed by atoms with Crippen molar-refractivity contribution in [3.05, 3.63) is 144 Å². The lowest BCUT2D eigenvalue weighted by Crippen LogP contribution is -1.96. The second-order valence-corrected chi connectivity index (χ2v) is 9.43. The molecule has 2 heteroatoms. The number of rotatable bonds is 8. The number of hydrogen-bond donors (Lipinski definition) is 0. The molecule has 0 N–H and O–H groups in total. The van der Waals surface area contributed by atoms with Crippen LogP contribution in [0.4, 0.5) is 0 Å². The Kier molecular flexibility index (Phi) is 7.37. The molecule has 0 spiro atoms. The first-order chi connectivity index (χ1) is 18.1. The van der Waals surface area contributed by atoms with E-state index in [1.807, 2.05) is 30.3 Å². The number of aryl methyl sites for hydroxylation is 2. The Balaban J connectivity index is 1.29. The van der Waals surface area contributed by atoms with Gasteiger partial charge in [-0.05, 0) is 84.1 Å². The van der Waals surface area contributed by atoms with E-state index < -0.39 is 0 Å². The van der Waals surface area contributed by atoms with Gasteiger partial charge in [-0.15, -0.1) is 0 Å². The van der Waals surface area contributed by atoms with E-state index in [9.17, 15) is 0 Å². The zero-order valence-corrected chi connectivity index (χ0v) is 21.6. The van der Waals surface area contributed by atoms with Gasteiger partial charge in [0.1, 0.15) is 23.0 Å². The van der Waals surface area contributed by atoms with E-state index in [4.69, 9.17) is 9.47 Å². The Labute approximate surface area is 220 Å². The van der Waals surface area contributed by atoms with E-state index in [0.29, 0.717) is 0 Å². The molecule has 0 saturated heterocycles. The van der Waals surface area contributed by atoms with Gasteiger partial charge in [0.05, 0.1) is 0 Å². The molecule has 0 saturated carbocycles. The zero-order valence-electron chi connectivity index (χ0n) is 21.6. The van der Waals surface area contributed by atoms with E-state index in [1.165, 1.54) is 22.3 Å². The zero-order chi connectivity index (χ0) is 25.6. The topological polar surface area (TPSA) is 18.5 Å². The van der Waals surface area contributed by atoms with Crippen molar-refractivity contribution in [2.75, 3.05) is 0 Å². The first kappa shape index (κ1) is 24.4. The number of hydrogen-bond acceptors (Lipinski definition) is 2. The fourth-order valence-corrected chi connectivity index (χ4v) is 4.44.